The number of carbonyl (C=O) groups is 2. The summed E-state index contributed by atoms with van der Waals surface area (Å²) in [6.45, 7) is 6.83. The normalized spacial score (nSPS) is 14.6. The van der Waals surface area contributed by atoms with Gasteiger partial charge in [0.05, 0.1) is 6.61 Å². The number of ether oxygens (including phenoxy) is 2. The summed E-state index contributed by atoms with van der Waals surface area (Å²) < 4.78 is 25.7. The molecule has 150 valence electrons. The Morgan fingerprint density at radius 2 is 1.68 bits per heavy atom. The molecule has 0 saturated heterocycles. The first-order valence-corrected chi connectivity index (χ1v) is 9.03. The third-order valence-electron chi connectivity index (χ3n) is 4.16. The fourth-order valence-corrected chi connectivity index (χ4v) is 2.79. The van der Waals surface area contributed by atoms with E-state index < -0.39 is 29.2 Å². The zero-order chi connectivity index (χ0) is 20.8. The van der Waals surface area contributed by atoms with Crippen molar-refractivity contribution in [2.75, 3.05) is 0 Å². The molecule has 0 aliphatic rings. The third-order valence-corrected chi connectivity index (χ3v) is 4.16. The van der Waals surface area contributed by atoms with E-state index in [9.17, 15) is 14.0 Å². The molecule has 1 N–H and O–H groups in total. The summed E-state index contributed by atoms with van der Waals surface area (Å²) in [4.78, 5) is 24.3. The molecule has 1 amide bonds. The molecule has 0 saturated carbocycles. The minimum absolute atomic E-state index is 0.129. The molecule has 0 aromatic heterocycles. The summed E-state index contributed by atoms with van der Waals surface area (Å²) in [5, 5.41) is 2.64. The highest BCUT2D eigenvalue weighted by molar-refractivity contribution is 5.71. The Kier molecular flexibility index (Phi) is 6.91. The van der Waals surface area contributed by atoms with Gasteiger partial charge in [0.15, 0.2) is 6.29 Å². The van der Waals surface area contributed by atoms with Crippen LogP contribution in [0.4, 0.5) is 9.18 Å². The van der Waals surface area contributed by atoms with Gasteiger partial charge in [-0.2, -0.15) is 0 Å². The van der Waals surface area contributed by atoms with Crippen LogP contribution in [0.1, 0.15) is 38.8 Å². The lowest BCUT2D eigenvalue weighted by Gasteiger charge is -2.36. The maximum absolute atomic E-state index is 14.6. The van der Waals surface area contributed by atoms with Gasteiger partial charge in [-0.15, -0.1) is 0 Å². The van der Waals surface area contributed by atoms with E-state index in [0.717, 1.165) is 5.56 Å². The molecule has 2 atom stereocenters. The van der Waals surface area contributed by atoms with Crippen molar-refractivity contribution in [3.63, 3.8) is 0 Å². The summed E-state index contributed by atoms with van der Waals surface area (Å²) >= 11 is 0. The van der Waals surface area contributed by atoms with Crippen LogP contribution in [-0.2, 0) is 26.4 Å². The minimum Gasteiger partial charge on any atom is -0.444 e. The second-order valence-corrected chi connectivity index (χ2v) is 7.66. The van der Waals surface area contributed by atoms with Crippen molar-refractivity contribution in [1.82, 2.24) is 5.32 Å². The number of hydrogen-bond donors (Lipinski definition) is 1. The molecule has 0 aliphatic carbocycles. The van der Waals surface area contributed by atoms with E-state index >= 15 is 0 Å². The van der Waals surface area contributed by atoms with Crippen LogP contribution >= 0.6 is 0 Å². The van der Waals surface area contributed by atoms with E-state index in [0.29, 0.717) is 6.29 Å². The van der Waals surface area contributed by atoms with E-state index in [1.807, 2.05) is 30.3 Å². The number of aldehydes is 1. The molecule has 2 aromatic carbocycles. The molecule has 0 aliphatic heterocycles. The SMILES string of the molecule is CC(C)(C)OC(=O)N[C@](C)(c1ccccc1F)C(C=O)OCc1ccccc1. The number of rotatable bonds is 7. The first kappa shape index (κ1) is 21.6. The highest BCUT2D eigenvalue weighted by Crippen LogP contribution is 2.29. The average molecular weight is 387 g/mol. The lowest BCUT2D eigenvalue weighted by atomic mass is 9.86. The smallest absolute Gasteiger partial charge is 0.408 e. The largest absolute Gasteiger partial charge is 0.444 e. The Morgan fingerprint density at radius 3 is 2.25 bits per heavy atom. The quantitative estimate of drug-likeness (QED) is 0.718. The van der Waals surface area contributed by atoms with Crippen LogP contribution in [0.3, 0.4) is 0 Å². The maximum atomic E-state index is 14.6. The maximum Gasteiger partial charge on any atom is 0.408 e. The zero-order valence-electron chi connectivity index (χ0n) is 16.6. The molecule has 2 aromatic rings. The second-order valence-electron chi connectivity index (χ2n) is 7.66. The summed E-state index contributed by atoms with van der Waals surface area (Å²) in [5.74, 6) is -0.559. The van der Waals surface area contributed by atoms with E-state index in [1.54, 1.807) is 33.8 Å². The topological polar surface area (TPSA) is 64.6 Å². The number of alkyl carbamates (subject to hydrolysis) is 1. The number of benzene rings is 2. The van der Waals surface area contributed by atoms with E-state index in [-0.39, 0.29) is 12.2 Å². The molecule has 0 heterocycles. The molecule has 0 bridgehead atoms. The van der Waals surface area contributed by atoms with Crippen molar-refractivity contribution in [1.29, 1.82) is 0 Å². The molecule has 0 spiro atoms. The Hall–Kier alpha value is -2.73. The van der Waals surface area contributed by atoms with Crippen molar-refractivity contribution in [2.24, 2.45) is 0 Å². The van der Waals surface area contributed by atoms with Crippen molar-refractivity contribution >= 4 is 12.4 Å². The Morgan fingerprint density at radius 1 is 1.07 bits per heavy atom. The number of hydrogen-bond acceptors (Lipinski definition) is 4. The van der Waals surface area contributed by atoms with Gasteiger partial charge in [0, 0.05) is 5.56 Å². The molecule has 0 radical (unpaired) electrons. The molecular formula is C22H26FNO4. The highest BCUT2D eigenvalue weighted by atomic mass is 19.1. The number of halogens is 1. The summed E-state index contributed by atoms with van der Waals surface area (Å²) in [6.07, 6.45) is -1.35. The lowest BCUT2D eigenvalue weighted by Crippen LogP contribution is -2.55. The van der Waals surface area contributed by atoms with Crippen LogP contribution in [0.5, 0.6) is 0 Å². The molecule has 28 heavy (non-hydrogen) atoms. The predicted molar refractivity (Wildman–Crippen MR) is 104 cm³/mol. The zero-order valence-corrected chi connectivity index (χ0v) is 16.6. The Labute approximate surface area is 164 Å². The standard InChI is InChI=1S/C22H26FNO4/c1-21(2,3)28-20(26)24-22(4,17-12-8-9-13-18(17)23)19(14-25)27-15-16-10-6-5-7-11-16/h5-14,19H,15H2,1-4H3,(H,24,26)/t19?,22-/m1/s1. The van der Waals surface area contributed by atoms with E-state index in [4.69, 9.17) is 9.47 Å². The summed E-state index contributed by atoms with van der Waals surface area (Å²) in [7, 11) is 0. The first-order chi connectivity index (χ1) is 13.2. The summed E-state index contributed by atoms with van der Waals surface area (Å²) in [6, 6.07) is 15.2. The lowest BCUT2D eigenvalue weighted by molar-refractivity contribution is -0.124. The van der Waals surface area contributed by atoms with Gasteiger partial charge in [-0.3, -0.25) is 0 Å². The number of amides is 1. The fraction of sp³-hybridized carbons (Fsp3) is 0.364. The Balaban J connectivity index is 2.34. The van der Waals surface area contributed by atoms with Gasteiger partial charge in [0.1, 0.15) is 23.1 Å². The van der Waals surface area contributed by atoms with Gasteiger partial charge in [-0.1, -0.05) is 48.5 Å². The molecule has 0 fully saturated rings. The van der Waals surface area contributed by atoms with Crippen LogP contribution in [0, 0.1) is 5.82 Å². The van der Waals surface area contributed by atoms with Crippen molar-refractivity contribution in [3.05, 3.63) is 71.5 Å². The molecule has 2 rings (SSSR count). The fourth-order valence-electron chi connectivity index (χ4n) is 2.79. The van der Waals surface area contributed by atoms with Crippen LogP contribution in [0.25, 0.3) is 0 Å². The van der Waals surface area contributed by atoms with Gasteiger partial charge in [0.25, 0.3) is 0 Å². The van der Waals surface area contributed by atoms with Gasteiger partial charge in [-0.25, -0.2) is 9.18 Å². The van der Waals surface area contributed by atoms with Crippen molar-refractivity contribution < 1.29 is 23.5 Å². The van der Waals surface area contributed by atoms with E-state index in [1.165, 1.54) is 18.2 Å². The van der Waals surface area contributed by atoms with Crippen LogP contribution in [-0.4, -0.2) is 24.1 Å². The third kappa shape index (κ3) is 5.63. The summed E-state index contributed by atoms with van der Waals surface area (Å²) in [5.41, 5.74) is -1.24. The number of carbonyl (C=O) groups excluding carboxylic acids is 2. The second kappa shape index (κ2) is 8.97. The van der Waals surface area contributed by atoms with Crippen molar-refractivity contribution in [3.8, 4) is 0 Å². The monoisotopic (exact) mass is 387 g/mol. The van der Waals surface area contributed by atoms with Gasteiger partial charge in [0.2, 0.25) is 0 Å². The average Bonchev–Trinajstić information content (AvgIpc) is 2.61. The van der Waals surface area contributed by atoms with Gasteiger partial charge < -0.3 is 19.6 Å². The highest BCUT2D eigenvalue weighted by Gasteiger charge is 2.41. The van der Waals surface area contributed by atoms with Crippen LogP contribution in [0.2, 0.25) is 0 Å². The van der Waals surface area contributed by atoms with Crippen LogP contribution in [0.15, 0.2) is 54.6 Å². The number of nitrogens with one attached hydrogen (secondary N) is 1. The molecule has 6 heteroatoms. The molecular weight excluding hydrogens is 361 g/mol. The minimum atomic E-state index is -1.47. The Bertz CT molecular complexity index is 804. The molecule has 5 nitrogen and oxygen atoms in total. The van der Waals surface area contributed by atoms with Crippen LogP contribution < -0.4 is 5.32 Å². The first-order valence-electron chi connectivity index (χ1n) is 9.03. The predicted octanol–water partition coefficient (Wildman–Crippen LogP) is 4.35. The van der Waals surface area contributed by atoms with Crippen molar-refractivity contribution in [2.45, 2.75) is 51.5 Å². The van der Waals surface area contributed by atoms with Gasteiger partial charge >= 0.3 is 6.09 Å². The molecule has 1 unspecified atom stereocenters. The van der Waals surface area contributed by atoms with E-state index in [2.05, 4.69) is 5.32 Å². The van der Waals surface area contributed by atoms with Gasteiger partial charge in [-0.05, 0) is 39.3 Å².